The van der Waals surface area contributed by atoms with Crippen LogP contribution in [0.1, 0.15) is 23.1 Å². The zero-order valence-corrected chi connectivity index (χ0v) is 17.6. The fraction of sp³-hybridized carbons (Fsp3) is 0.160. The first-order valence-corrected chi connectivity index (χ1v) is 10.9. The van der Waals surface area contributed by atoms with Gasteiger partial charge in [-0.2, -0.15) is 0 Å². The van der Waals surface area contributed by atoms with Crippen molar-refractivity contribution in [3.63, 3.8) is 0 Å². The molecule has 0 atom stereocenters. The molecule has 4 aromatic rings. The third-order valence-electron chi connectivity index (χ3n) is 5.17. The molecule has 30 heavy (non-hydrogen) atoms. The predicted octanol–water partition coefficient (Wildman–Crippen LogP) is 6.22. The first-order chi connectivity index (χ1) is 14.8. The van der Waals surface area contributed by atoms with E-state index in [9.17, 15) is 0 Å². The summed E-state index contributed by atoms with van der Waals surface area (Å²) >= 11 is 1.65. The molecule has 5 rings (SSSR count). The van der Waals surface area contributed by atoms with E-state index in [2.05, 4.69) is 78.6 Å². The lowest BCUT2D eigenvalue weighted by molar-refractivity contribution is 0.174. The molecule has 5 heteroatoms. The lowest BCUT2D eigenvalue weighted by Crippen LogP contribution is -2.21. The Balaban J connectivity index is 1.30. The van der Waals surface area contributed by atoms with Crippen LogP contribution in [0.2, 0.25) is 0 Å². The van der Waals surface area contributed by atoms with Crippen molar-refractivity contribution in [2.75, 3.05) is 18.2 Å². The fourth-order valence-corrected chi connectivity index (χ4v) is 4.44. The van der Waals surface area contributed by atoms with Crippen LogP contribution >= 0.6 is 11.3 Å². The Morgan fingerprint density at radius 2 is 1.73 bits per heavy atom. The van der Waals surface area contributed by atoms with Gasteiger partial charge in [-0.1, -0.05) is 48.5 Å². The molecule has 1 aromatic heterocycles. The minimum Gasteiger partial charge on any atom is -0.454 e. The van der Waals surface area contributed by atoms with E-state index in [0.717, 1.165) is 45.4 Å². The number of thiazole rings is 1. The van der Waals surface area contributed by atoms with Crippen molar-refractivity contribution in [3.8, 4) is 11.5 Å². The van der Waals surface area contributed by atoms with Gasteiger partial charge >= 0.3 is 0 Å². The summed E-state index contributed by atoms with van der Waals surface area (Å²) in [4.78, 5) is 7.07. The van der Waals surface area contributed by atoms with Gasteiger partial charge in [0.2, 0.25) is 6.79 Å². The average molecular weight is 415 g/mol. The van der Waals surface area contributed by atoms with Gasteiger partial charge in [0, 0.05) is 30.9 Å². The summed E-state index contributed by atoms with van der Waals surface area (Å²) in [6.45, 7) is 4.36. The zero-order valence-electron chi connectivity index (χ0n) is 16.7. The van der Waals surface area contributed by atoms with Crippen LogP contribution in [0.25, 0.3) is 22.4 Å². The molecule has 1 aliphatic heterocycles. The van der Waals surface area contributed by atoms with Crippen molar-refractivity contribution in [3.05, 3.63) is 82.9 Å². The molecule has 0 spiro atoms. The number of hydrogen-bond donors (Lipinski definition) is 0. The molecule has 0 bridgehead atoms. The minimum absolute atomic E-state index is 0.288. The topological polar surface area (TPSA) is 34.6 Å². The number of nitrogens with zero attached hydrogens (tertiary/aromatic N) is 2. The molecule has 0 saturated carbocycles. The second kappa shape index (κ2) is 8.20. The Kier molecular flexibility index (Phi) is 5.11. The van der Waals surface area contributed by atoms with E-state index in [4.69, 9.17) is 14.5 Å². The van der Waals surface area contributed by atoms with Crippen molar-refractivity contribution in [1.82, 2.24) is 4.98 Å². The third kappa shape index (κ3) is 3.89. The van der Waals surface area contributed by atoms with Gasteiger partial charge in [0.25, 0.3) is 0 Å². The lowest BCUT2D eigenvalue weighted by Gasteiger charge is -2.23. The Labute approximate surface area is 180 Å². The molecule has 4 nitrogen and oxygen atoms in total. The zero-order chi connectivity index (χ0) is 20.3. The van der Waals surface area contributed by atoms with Gasteiger partial charge < -0.3 is 14.4 Å². The molecular formula is C25H22N2O2S. The van der Waals surface area contributed by atoms with Gasteiger partial charge in [-0.25, -0.2) is 4.98 Å². The summed E-state index contributed by atoms with van der Waals surface area (Å²) in [6, 6.07) is 23.2. The highest BCUT2D eigenvalue weighted by Crippen LogP contribution is 2.38. The van der Waals surface area contributed by atoms with Gasteiger partial charge in [-0.3, -0.25) is 0 Å². The third-order valence-corrected chi connectivity index (χ3v) is 6.16. The van der Waals surface area contributed by atoms with E-state index >= 15 is 0 Å². The molecule has 0 N–H and O–H groups in total. The molecular weight excluding hydrogens is 392 g/mol. The Morgan fingerprint density at radius 1 is 0.967 bits per heavy atom. The van der Waals surface area contributed by atoms with E-state index in [0.29, 0.717) is 0 Å². The van der Waals surface area contributed by atoms with Crippen LogP contribution in [0.5, 0.6) is 11.5 Å². The van der Waals surface area contributed by atoms with Gasteiger partial charge in [0.15, 0.2) is 11.5 Å². The first kappa shape index (κ1) is 18.7. The van der Waals surface area contributed by atoms with Crippen LogP contribution < -0.4 is 14.4 Å². The molecule has 0 saturated heterocycles. The SMILES string of the molecule is CCN(Cc1ccccc1)c1ccc(/C=C/c2nc3cc4c(cc3s2)OCO4)cc1. The van der Waals surface area contributed by atoms with Crippen LogP contribution in [0.3, 0.4) is 0 Å². The van der Waals surface area contributed by atoms with E-state index in [-0.39, 0.29) is 6.79 Å². The predicted molar refractivity (Wildman–Crippen MR) is 124 cm³/mol. The average Bonchev–Trinajstić information content (AvgIpc) is 3.41. The van der Waals surface area contributed by atoms with E-state index < -0.39 is 0 Å². The molecule has 0 aliphatic carbocycles. The second-order valence-electron chi connectivity index (χ2n) is 7.15. The molecule has 2 heterocycles. The molecule has 0 radical (unpaired) electrons. The quantitative estimate of drug-likeness (QED) is 0.375. The normalized spacial score (nSPS) is 12.7. The molecule has 1 aliphatic rings. The van der Waals surface area contributed by atoms with Gasteiger partial charge in [-0.05, 0) is 36.3 Å². The summed E-state index contributed by atoms with van der Waals surface area (Å²) < 4.78 is 12.0. The summed E-state index contributed by atoms with van der Waals surface area (Å²) in [6.07, 6.45) is 4.17. The Bertz CT molecular complexity index is 1140. The molecule has 3 aromatic carbocycles. The van der Waals surface area contributed by atoms with Crippen molar-refractivity contribution >= 4 is 39.4 Å². The minimum atomic E-state index is 0.288. The smallest absolute Gasteiger partial charge is 0.231 e. The van der Waals surface area contributed by atoms with Crippen molar-refractivity contribution in [2.45, 2.75) is 13.5 Å². The van der Waals surface area contributed by atoms with E-state index in [1.165, 1.54) is 11.3 Å². The van der Waals surface area contributed by atoms with Gasteiger partial charge in [-0.15, -0.1) is 11.3 Å². The highest BCUT2D eigenvalue weighted by molar-refractivity contribution is 7.19. The second-order valence-corrected chi connectivity index (χ2v) is 8.21. The van der Waals surface area contributed by atoms with Crippen LogP contribution in [-0.4, -0.2) is 18.3 Å². The monoisotopic (exact) mass is 414 g/mol. The van der Waals surface area contributed by atoms with Crippen molar-refractivity contribution in [1.29, 1.82) is 0 Å². The van der Waals surface area contributed by atoms with Crippen LogP contribution in [0.15, 0.2) is 66.7 Å². The maximum absolute atomic E-state index is 5.46. The number of fused-ring (bicyclic) bond motifs is 2. The fourth-order valence-electron chi connectivity index (χ4n) is 3.56. The maximum atomic E-state index is 5.46. The Morgan fingerprint density at radius 3 is 2.50 bits per heavy atom. The maximum Gasteiger partial charge on any atom is 0.231 e. The van der Waals surface area contributed by atoms with Crippen molar-refractivity contribution in [2.24, 2.45) is 0 Å². The highest BCUT2D eigenvalue weighted by atomic mass is 32.1. The van der Waals surface area contributed by atoms with E-state index in [1.54, 1.807) is 11.3 Å². The summed E-state index contributed by atoms with van der Waals surface area (Å²) in [7, 11) is 0. The summed E-state index contributed by atoms with van der Waals surface area (Å²) in [5, 5.41) is 0.969. The summed E-state index contributed by atoms with van der Waals surface area (Å²) in [5.74, 6) is 1.57. The number of rotatable bonds is 6. The summed E-state index contributed by atoms with van der Waals surface area (Å²) in [5.41, 5.74) is 4.65. The molecule has 150 valence electrons. The van der Waals surface area contributed by atoms with Crippen LogP contribution in [-0.2, 0) is 6.54 Å². The van der Waals surface area contributed by atoms with Gasteiger partial charge in [0.05, 0.1) is 10.2 Å². The molecule has 0 amide bonds. The number of ether oxygens (including phenoxy) is 2. The van der Waals surface area contributed by atoms with Gasteiger partial charge in [0.1, 0.15) is 5.01 Å². The Hall–Kier alpha value is -3.31. The number of anilines is 1. The van der Waals surface area contributed by atoms with E-state index in [1.807, 2.05) is 12.1 Å². The van der Waals surface area contributed by atoms with Crippen molar-refractivity contribution < 1.29 is 9.47 Å². The molecule has 0 unspecified atom stereocenters. The number of aromatic nitrogens is 1. The number of hydrogen-bond acceptors (Lipinski definition) is 5. The highest BCUT2D eigenvalue weighted by Gasteiger charge is 2.16. The van der Waals surface area contributed by atoms with Crippen LogP contribution in [0.4, 0.5) is 5.69 Å². The first-order valence-electron chi connectivity index (χ1n) is 10.1. The lowest BCUT2D eigenvalue weighted by atomic mass is 10.1. The number of benzene rings is 3. The largest absolute Gasteiger partial charge is 0.454 e. The molecule has 0 fully saturated rings. The standard InChI is InChI=1S/C25H22N2O2S/c1-2-27(16-19-6-4-3-5-7-19)20-11-8-18(9-12-20)10-13-25-26-21-14-22-23(29-17-28-22)15-24(21)30-25/h3-15H,2,16-17H2,1H3/b13-10+. The van der Waals surface area contributed by atoms with Crippen LogP contribution in [0, 0.1) is 0 Å².